The first-order valence-corrected chi connectivity index (χ1v) is 23.9. The van der Waals surface area contributed by atoms with Crippen LogP contribution in [0.5, 0.6) is 0 Å². The Hall–Kier alpha value is -8.07. The molecule has 1 fully saturated rings. The molecule has 3 rings (SSSR count). The number of fused-ring (bicyclic) bond motifs is 1. The van der Waals surface area contributed by atoms with Gasteiger partial charge in [-0.05, 0) is 64.2 Å². The van der Waals surface area contributed by atoms with E-state index >= 15 is 0 Å². The number of ether oxygens (including phenoxy) is 1. The maximum Gasteiger partial charge on any atom is 0.314 e. The van der Waals surface area contributed by atoms with Crippen LogP contribution in [0, 0.1) is 0 Å². The van der Waals surface area contributed by atoms with E-state index < -0.39 is 84.3 Å². The highest BCUT2D eigenvalue weighted by Crippen LogP contribution is 2.31. The van der Waals surface area contributed by atoms with E-state index in [0.717, 1.165) is 0 Å². The summed E-state index contributed by atoms with van der Waals surface area (Å²) in [5, 5.41) is 37.3. The fourth-order valence-corrected chi connectivity index (χ4v) is 7.42. The van der Waals surface area contributed by atoms with E-state index in [-0.39, 0.29) is 127 Å². The number of nitrogens with zero attached hydrogens (tertiary/aromatic N) is 8. The number of hydrogen-bond acceptors (Lipinski definition) is 17. The molecule has 2 aromatic heterocycles. The highest BCUT2D eigenvalue weighted by molar-refractivity contribution is 5.95. The number of anilines is 1. The van der Waals surface area contributed by atoms with Crippen molar-refractivity contribution >= 4 is 76.4 Å². The van der Waals surface area contributed by atoms with Crippen LogP contribution in [0.1, 0.15) is 83.3 Å². The molecule has 0 unspecified atom stereocenters. The molecular weight excluding hydrogens is 973 g/mol. The first-order valence-electron chi connectivity index (χ1n) is 23.9. The maximum absolute atomic E-state index is 14.0. The maximum atomic E-state index is 14.0. The number of nitrogen functional groups attached to an aromatic ring is 1. The smallest absolute Gasteiger partial charge is 0.314 e. The number of aliphatic hydroxyl groups excluding tert-OH is 2. The third-order valence-electron chi connectivity index (χ3n) is 11.2. The van der Waals surface area contributed by atoms with Crippen molar-refractivity contribution < 1.29 is 43.7 Å². The molecule has 1 saturated heterocycles. The molecule has 0 aliphatic carbocycles. The van der Waals surface area contributed by atoms with Crippen molar-refractivity contribution in [3.05, 3.63) is 12.7 Å². The van der Waals surface area contributed by atoms with Gasteiger partial charge in [-0.2, -0.15) is 0 Å². The molecule has 33 nitrogen and oxygen atoms in total. The van der Waals surface area contributed by atoms with Gasteiger partial charge in [0.25, 0.3) is 0 Å². The van der Waals surface area contributed by atoms with Gasteiger partial charge in [-0.3, -0.25) is 48.5 Å². The minimum absolute atomic E-state index is 0.00520. The number of urea groups is 1. The third kappa shape index (κ3) is 21.3. The van der Waals surface area contributed by atoms with E-state index in [0.29, 0.717) is 30.4 Å². The number of carbonyl (C=O) groups excluding carboxylic acids is 6. The number of hydrogen-bond donors (Lipinski definition) is 18. The van der Waals surface area contributed by atoms with Gasteiger partial charge in [0, 0.05) is 45.7 Å². The predicted molar refractivity (Wildman–Crippen MR) is 272 cm³/mol. The van der Waals surface area contributed by atoms with Crippen LogP contribution < -0.4 is 89.2 Å². The zero-order valence-corrected chi connectivity index (χ0v) is 41.1. The summed E-state index contributed by atoms with van der Waals surface area (Å²) in [4.78, 5) is 108. The molecule has 0 spiro atoms. The Morgan fingerprint density at radius 1 is 0.595 bits per heavy atom. The second-order valence-corrected chi connectivity index (χ2v) is 17.1. The second-order valence-electron chi connectivity index (χ2n) is 17.1. The number of primary amides is 1. The van der Waals surface area contributed by atoms with Crippen LogP contribution in [0.2, 0.25) is 0 Å². The van der Waals surface area contributed by atoms with Gasteiger partial charge in [0.1, 0.15) is 54.3 Å². The van der Waals surface area contributed by atoms with Gasteiger partial charge in [0.15, 0.2) is 41.5 Å². The fraction of sp³-hybridized carbons (Fsp3) is 0.634. The van der Waals surface area contributed by atoms with Gasteiger partial charge in [0.05, 0.1) is 6.33 Å². The Morgan fingerprint density at radius 3 is 1.55 bits per heavy atom. The summed E-state index contributed by atoms with van der Waals surface area (Å²) in [6.45, 7) is 0.522. The number of guanidine groups is 4. The number of aliphatic hydroxyl groups is 2. The van der Waals surface area contributed by atoms with Gasteiger partial charge in [0.2, 0.25) is 29.5 Å². The minimum Gasteiger partial charge on any atom is -0.387 e. The van der Waals surface area contributed by atoms with E-state index in [1.54, 1.807) is 0 Å². The number of nitrogens with two attached hydrogens (primary N) is 10. The van der Waals surface area contributed by atoms with Crippen molar-refractivity contribution in [1.82, 2.24) is 51.4 Å². The molecule has 8 atom stereocenters. The van der Waals surface area contributed by atoms with Gasteiger partial charge in [-0.15, -0.1) is 0 Å². The van der Waals surface area contributed by atoms with E-state index in [9.17, 15) is 39.0 Å². The first-order chi connectivity index (χ1) is 35.2. The minimum atomic E-state index is -1.37. The van der Waals surface area contributed by atoms with E-state index in [4.69, 9.17) is 62.1 Å². The van der Waals surface area contributed by atoms with Gasteiger partial charge < -0.3 is 104 Å². The number of carbonyl (C=O) groups is 6. The van der Waals surface area contributed by atoms with Crippen LogP contribution in [0.15, 0.2) is 32.6 Å². The highest BCUT2D eigenvalue weighted by Gasteiger charge is 2.44. The summed E-state index contributed by atoms with van der Waals surface area (Å²) in [7, 11) is 0. The van der Waals surface area contributed by atoms with Crippen LogP contribution in [-0.2, 0) is 28.7 Å². The highest BCUT2D eigenvalue weighted by atomic mass is 16.6. The van der Waals surface area contributed by atoms with Crippen LogP contribution in [0.3, 0.4) is 0 Å². The molecule has 1 aliphatic rings. The van der Waals surface area contributed by atoms with Gasteiger partial charge in [-0.25, -0.2) is 19.7 Å². The van der Waals surface area contributed by atoms with E-state index in [2.05, 4.69) is 66.8 Å². The molecule has 0 radical (unpaired) electrons. The van der Waals surface area contributed by atoms with Gasteiger partial charge >= 0.3 is 6.03 Å². The zero-order chi connectivity index (χ0) is 54.7. The number of aliphatic imine (C=N–C) groups is 4. The van der Waals surface area contributed by atoms with Crippen LogP contribution in [0.4, 0.5) is 10.6 Å². The van der Waals surface area contributed by atoms with Crippen LogP contribution in [-0.4, -0.2) is 171 Å². The molecule has 7 amide bonds. The van der Waals surface area contributed by atoms with Crippen molar-refractivity contribution in [2.45, 2.75) is 126 Å². The van der Waals surface area contributed by atoms with Crippen molar-refractivity contribution in [1.29, 1.82) is 0 Å². The molecule has 2 aromatic rings. The molecule has 0 aromatic carbocycles. The van der Waals surface area contributed by atoms with E-state index in [1.807, 2.05) is 0 Å². The Balaban J connectivity index is 1.60. The molecule has 412 valence electrons. The summed E-state index contributed by atoms with van der Waals surface area (Å²) in [6, 6.07) is -5.46. The summed E-state index contributed by atoms with van der Waals surface area (Å²) in [5.74, 6) is -4.23. The predicted octanol–water partition coefficient (Wildman–Crippen LogP) is -7.47. The summed E-state index contributed by atoms with van der Waals surface area (Å²) in [6.07, 6.45) is 0.173. The summed E-state index contributed by atoms with van der Waals surface area (Å²) < 4.78 is 7.27. The monoisotopic (exact) mass is 1050 g/mol. The van der Waals surface area contributed by atoms with Crippen molar-refractivity contribution in [3.63, 3.8) is 0 Å². The normalized spacial score (nSPS) is 17.5. The number of unbranched alkanes of at least 4 members (excludes halogenated alkanes) is 2. The number of imidazole rings is 1. The van der Waals surface area contributed by atoms with Crippen molar-refractivity contribution in [2.24, 2.45) is 71.6 Å². The lowest BCUT2D eigenvalue weighted by molar-refractivity contribution is -0.134. The SMILES string of the molecule is NC(=O)[C@H](CCCN=C(N)N)NC(=O)[C@H](CCCN=C(N)N)NC(=O)[C@H](CCCN=C(N)N)NC(=O)[C@H](CCCN=C(N)N)NC(=O)CCCCCNC(=O)NC[C@H]1O[C@@H](n2cnc3c(N)ncnc32)[C@H](O)[C@@H]1O. The molecule has 33 heteroatoms. The first kappa shape index (κ1) is 60.2. The molecule has 28 N–H and O–H groups in total. The zero-order valence-electron chi connectivity index (χ0n) is 41.1. The Kier molecular flexibility index (Phi) is 25.6. The molecule has 74 heavy (non-hydrogen) atoms. The van der Waals surface area contributed by atoms with Crippen LogP contribution in [0.25, 0.3) is 11.2 Å². The Bertz CT molecular complexity index is 2280. The third-order valence-corrected chi connectivity index (χ3v) is 11.2. The van der Waals surface area contributed by atoms with Gasteiger partial charge in [-0.1, -0.05) is 6.42 Å². The topological polar surface area (TPSA) is 578 Å². The number of nitrogens with one attached hydrogen (secondary N) is 6. The Morgan fingerprint density at radius 2 is 1.07 bits per heavy atom. The number of rotatable bonds is 33. The fourth-order valence-electron chi connectivity index (χ4n) is 7.42. The molecule has 1 aliphatic heterocycles. The quantitative estimate of drug-likeness (QED) is 0.0179. The van der Waals surface area contributed by atoms with Crippen molar-refractivity contribution in [2.75, 3.05) is 45.0 Å². The lowest BCUT2D eigenvalue weighted by atomic mass is 10.0. The lowest BCUT2D eigenvalue weighted by Gasteiger charge is -2.26. The second kappa shape index (κ2) is 31.4. The molecular formula is C41H74N24O9. The molecule has 3 heterocycles. The van der Waals surface area contributed by atoms with Crippen molar-refractivity contribution in [3.8, 4) is 0 Å². The molecule has 0 saturated carbocycles. The Labute approximate surface area is 425 Å². The average Bonchev–Trinajstić information content (AvgIpc) is 3.89. The molecule has 0 bridgehead atoms. The number of amides is 7. The van der Waals surface area contributed by atoms with E-state index in [1.165, 1.54) is 17.2 Å². The van der Waals surface area contributed by atoms with Crippen LogP contribution >= 0.6 is 0 Å². The average molecular weight is 1050 g/mol. The lowest BCUT2D eigenvalue weighted by Crippen LogP contribution is -2.58. The summed E-state index contributed by atoms with van der Waals surface area (Å²) >= 11 is 0. The summed E-state index contributed by atoms with van der Waals surface area (Å²) in [5.41, 5.74) is 55.6. The number of aromatic nitrogens is 4. The largest absolute Gasteiger partial charge is 0.387 e. The standard InChI is InChI=1S/C41H74N24O9/c42-30-27-32(59-19-58-30)65(20-60-27)36-29(68)28(67)25(74-36)18-57-41(73)56-13-3-1-2-12-26(66)61-22(9-5-15-53-38(46)47)33(70)63-24(11-7-17-55-40(50)51)35(72)64-23(10-6-16-54-39(48)49)34(71)62-21(31(43)69)8-4-14-52-37(44)45/h19-25,28-29,36,67-68H,1-18H2,(H2,43,69)(H,61,66)(H,62,71)(H,63,70)(H,64,72)(H2,42,58,59)(H4,44,45,52)(H4,46,47,53)(H4,48,49,54)(H4,50,51,55)(H2,56,57,73)/t21-,22-,23-,24-,25+,28+,29+,36+/m0/s1.